The third-order valence-corrected chi connectivity index (χ3v) is 5.73. The fraction of sp³-hybridized carbons (Fsp3) is 0.154. The van der Waals surface area contributed by atoms with Gasteiger partial charge in [0.1, 0.15) is 5.75 Å². The largest absolute Gasteiger partial charge is 0.495 e. The molecular formula is C26H26N2O5S. The molecule has 176 valence electrons. The number of carbonyl (C=O) groups is 2. The maximum Gasteiger partial charge on any atom is 0.262 e. The number of carbonyl (C=O) groups excluding carboxylic acids is 2. The number of para-hydroxylation sites is 3. The van der Waals surface area contributed by atoms with Crippen LogP contribution in [0.5, 0.6) is 17.2 Å². The van der Waals surface area contributed by atoms with Crippen molar-refractivity contribution in [2.75, 3.05) is 37.2 Å². The van der Waals surface area contributed by atoms with Crippen molar-refractivity contribution in [1.82, 2.24) is 0 Å². The summed E-state index contributed by atoms with van der Waals surface area (Å²) in [4.78, 5) is 26.1. The van der Waals surface area contributed by atoms with Crippen molar-refractivity contribution in [3.05, 3.63) is 84.9 Å². The predicted molar refractivity (Wildman–Crippen MR) is 135 cm³/mol. The van der Waals surface area contributed by atoms with E-state index in [1.54, 1.807) is 48.2 Å². The van der Waals surface area contributed by atoms with Crippen LogP contribution in [0.3, 0.4) is 0 Å². The molecule has 0 aromatic heterocycles. The van der Waals surface area contributed by atoms with E-state index in [1.165, 1.54) is 14.2 Å². The Kier molecular flexibility index (Phi) is 8.99. The van der Waals surface area contributed by atoms with Crippen LogP contribution >= 0.6 is 11.8 Å². The van der Waals surface area contributed by atoms with Crippen LogP contribution in [0.15, 0.2) is 84.3 Å². The Morgan fingerprint density at radius 2 is 1.59 bits per heavy atom. The van der Waals surface area contributed by atoms with Gasteiger partial charge in [-0.3, -0.25) is 9.59 Å². The first-order valence-electron chi connectivity index (χ1n) is 10.4. The molecule has 0 heterocycles. The van der Waals surface area contributed by atoms with Crippen LogP contribution < -0.4 is 24.8 Å². The van der Waals surface area contributed by atoms with Crippen molar-refractivity contribution >= 4 is 35.0 Å². The summed E-state index contributed by atoms with van der Waals surface area (Å²) in [6.45, 7) is 3.49. The number of thioether (sulfide) groups is 1. The molecule has 0 radical (unpaired) electrons. The van der Waals surface area contributed by atoms with Gasteiger partial charge in [-0.15, -0.1) is 18.3 Å². The molecule has 3 aromatic carbocycles. The molecule has 0 saturated heterocycles. The fourth-order valence-electron chi connectivity index (χ4n) is 3.04. The van der Waals surface area contributed by atoms with Gasteiger partial charge in [0.2, 0.25) is 0 Å². The Morgan fingerprint density at radius 3 is 2.32 bits per heavy atom. The van der Waals surface area contributed by atoms with E-state index in [4.69, 9.17) is 14.2 Å². The lowest BCUT2D eigenvalue weighted by atomic mass is 10.2. The van der Waals surface area contributed by atoms with Crippen molar-refractivity contribution in [2.24, 2.45) is 0 Å². The zero-order valence-corrected chi connectivity index (χ0v) is 19.8. The quantitative estimate of drug-likeness (QED) is 0.289. The molecule has 3 aromatic rings. The van der Waals surface area contributed by atoms with Gasteiger partial charge < -0.3 is 24.8 Å². The zero-order chi connectivity index (χ0) is 24.3. The van der Waals surface area contributed by atoms with Gasteiger partial charge in [-0.05, 0) is 42.5 Å². The molecule has 0 bridgehead atoms. The minimum Gasteiger partial charge on any atom is -0.495 e. The minimum absolute atomic E-state index is 0.242. The zero-order valence-electron chi connectivity index (χ0n) is 19.0. The molecule has 8 heteroatoms. The summed E-state index contributed by atoms with van der Waals surface area (Å²) in [5.41, 5.74) is 1.65. The number of anilines is 2. The lowest BCUT2D eigenvalue weighted by Crippen LogP contribution is -2.20. The monoisotopic (exact) mass is 478 g/mol. The van der Waals surface area contributed by atoms with Gasteiger partial charge in [0, 0.05) is 16.2 Å². The first-order valence-corrected chi connectivity index (χ1v) is 11.4. The highest BCUT2D eigenvalue weighted by atomic mass is 32.2. The van der Waals surface area contributed by atoms with Gasteiger partial charge in [0.05, 0.1) is 25.6 Å². The third kappa shape index (κ3) is 6.55. The van der Waals surface area contributed by atoms with Crippen LogP contribution in [0.4, 0.5) is 11.4 Å². The average Bonchev–Trinajstić information content (AvgIpc) is 2.87. The highest BCUT2D eigenvalue weighted by Gasteiger charge is 2.15. The standard InChI is InChI=1S/C26H26N2O5S/c1-4-15-34-24-12-8-6-10-20(24)28-26(30)18-13-14-22(23(16-18)32-3)33-17-25(29)27-19-9-5-7-11-21(19)31-2/h4-14,16H,1,15,17H2,2-3H3,(H,27,29)(H,28,30). The highest BCUT2D eigenvalue weighted by Crippen LogP contribution is 2.30. The molecule has 3 rings (SSSR count). The van der Waals surface area contributed by atoms with E-state index >= 15 is 0 Å². The molecular weight excluding hydrogens is 452 g/mol. The Hall–Kier alpha value is -3.91. The molecule has 0 fully saturated rings. The fourth-order valence-corrected chi connectivity index (χ4v) is 3.79. The molecule has 2 N–H and O–H groups in total. The normalized spacial score (nSPS) is 10.2. The van der Waals surface area contributed by atoms with Crippen molar-refractivity contribution in [3.8, 4) is 17.2 Å². The van der Waals surface area contributed by atoms with E-state index in [1.807, 2.05) is 36.4 Å². The summed E-state index contributed by atoms with van der Waals surface area (Å²) >= 11 is 1.58. The van der Waals surface area contributed by atoms with Crippen LogP contribution in [0, 0.1) is 0 Å². The molecule has 0 aliphatic heterocycles. The van der Waals surface area contributed by atoms with Crippen LogP contribution in [-0.4, -0.2) is 38.4 Å². The minimum atomic E-state index is -0.359. The van der Waals surface area contributed by atoms with Gasteiger partial charge in [-0.25, -0.2) is 0 Å². The first-order chi connectivity index (χ1) is 16.5. The van der Waals surface area contributed by atoms with Crippen LogP contribution in [0.2, 0.25) is 0 Å². The van der Waals surface area contributed by atoms with Crippen LogP contribution in [0.1, 0.15) is 10.4 Å². The predicted octanol–water partition coefficient (Wildman–Crippen LogP) is 5.25. The number of rotatable bonds is 11. The second kappa shape index (κ2) is 12.4. The lowest BCUT2D eigenvalue weighted by Gasteiger charge is -2.14. The number of nitrogens with one attached hydrogen (secondary N) is 2. The van der Waals surface area contributed by atoms with E-state index < -0.39 is 0 Å². The maximum atomic E-state index is 12.8. The molecule has 0 spiro atoms. The van der Waals surface area contributed by atoms with Gasteiger partial charge in [-0.1, -0.05) is 30.3 Å². The summed E-state index contributed by atoms with van der Waals surface area (Å²) < 4.78 is 16.2. The second-order valence-corrected chi connectivity index (χ2v) is 8.01. The first kappa shape index (κ1) is 24.7. The van der Waals surface area contributed by atoms with Crippen molar-refractivity contribution < 1.29 is 23.8 Å². The Bertz CT molecular complexity index is 1170. The molecule has 2 amide bonds. The van der Waals surface area contributed by atoms with E-state index in [2.05, 4.69) is 17.2 Å². The van der Waals surface area contributed by atoms with E-state index in [0.717, 1.165) is 10.6 Å². The highest BCUT2D eigenvalue weighted by molar-refractivity contribution is 7.99. The topological polar surface area (TPSA) is 85.9 Å². The van der Waals surface area contributed by atoms with Gasteiger partial charge in [0.25, 0.3) is 11.8 Å². The van der Waals surface area contributed by atoms with Crippen molar-refractivity contribution in [1.29, 1.82) is 0 Å². The van der Waals surface area contributed by atoms with Gasteiger partial charge >= 0.3 is 0 Å². The van der Waals surface area contributed by atoms with Crippen LogP contribution in [-0.2, 0) is 4.79 Å². The number of amides is 2. The van der Waals surface area contributed by atoms with Crippen LogP contribution in [0.25, 0.3) is 0 Å². The molecule has 34 heavy (non-hydrogen) atoms. The summed E-state index contributed by atoms with van der Waals surface area (Å²) in [5, 5.41) is 5.67. The number of ether oxygens (including phenoxy) is 3. The Morgan fingerprint density at radius 1 is 0.882 bits per heavy atom. The SMILES string of the molecule is C=CCSc1ccccc1NC(=O)c1ccc(OCC(=O)Nc2ccccc2OC)c(OC)c1. The Labute approximate surface area is 203 Å². The number of benzene rings is 3. The van der Waals surface area contributed by atoms with Crippen molar-refractivity contribution in [2.45, 2.75) is 4.90 Å². The lowest BCUT2D eigenvalue weighted by molar-refractivity contribution is -0.118. The third-order valence-electron chi connectivity index (χ3n) is 4.66. The summed E-state index contributed by atoms with van der Waals surface area (Å²) in [6, 6.07) is 19.4. The molecule has 0 saturated carbocycles. The summed E-state index contributed by atoms with van der Waals surface area (Å²) in [6.07, 6.45) is 1.81. The smallest absolute Gasteiger partial charge is 0.262 e. The molecule has 7 nitrogen and oxygen atoms in total. The van der Waals surface area contributed by atoms with E-state index in [9.17, 15) is 9.59 Å². The molecule has 0 aliphatic rings. The molecule has 0 unspecified atom stereocenters. The summed E-state index contributed by atoms with van der Waals surface area (Å²) in [5.74, 6) is 1.32. The molecule has 0 atom stereocenters. The Balaban J connectivity index is 1.65. The van der Waals surface area contributed by atoms with Gasteiger partial charge in [-0.2, -0.15) is 0 Å². The van der Waals surface area contributed by atoms with E-state index in [0.29, 0.717) is 34.2 Å². The number of methoxy groups -OCH3 is 2. The average molecular weight is 479 g/mol. The van der Waals surface area contributed by atoms with E-state index in [-0.39, 0.29) is 18.4 Å². The number of hydrogen-bond acceptors (Lipinski definition) is 6. The maximum absolute atomic E-state index is 12.8. The molecule has 0 aliphatic carbocycles. The second-order valence-electron chi connectivity index (χ2n) is 6.95. The van der Waals surface area contributed by atoms with Gasteiger partial charge in [0.15, 0.2) is 18.1 Å². The van der Waals surface area contributed by atoms with Crippen molar-refractivity contribution in [3.63, 3.8) is 0 Å². The number of hydrogen-bond donors (Lipinski definition) is 2. The summed E-state index contributed by atoms with van der Waals surface area (Å²) in [7, 11) is 3.00.